The van der Waals surface area contributed by atoms with E-state index in [1.54, 1.807) is 27.5 Å². The molecule has 40 heavy (non-hydrogen) atoms. The monoisotopic (exact) mass is 606 g/mol. The molecule has 0 bridgehead atoms. The van der Waals surface area contributed by atoms with Crippen molar-refractivity contribution in [1.29, 1.82) is 0 Å². The molecule has 4 rings (SSSR count). The van der Waals surface area contributed by atoms with E-state index in [4.69, 9.17) is 14.2 Å². The minimum atomic E-state index is -0.166. The number of nitrogens with one attached hydrogen (secondary N) is 2. The van der Waals surface area contributed by atoms with Crippen LogP contribution in [0.25, 0.3) is 10.9 Å². The third-order valence-corrected chi connectivity index (χ3v) is 7.11. The molecular formula is C31H35BrN4O4. The van der Waals surface area contributed by atoms with Gasteiger partial charge in [0.2, 0.25) is 0 Å². The first-order valence-electron chi connectivity index (χ1n) is 13.1. The van der Waals surface area contributed by atoms with Gasteiger partial charge in [0.25, 0.3) is 0 Å². The molecule has 0 saturated heterocycles. The molecule has 210 valence electrons. The summed E-state index contributed by atoms with van der Waals surface area (Å²) >= 11 is 3.44. The van der Waals surface area contributed by atoms with Crippen molar-refractivity contribution in [2.45, 2.75) is 32.4 Å². The zero-order chi connectivity index (χ0) is 28.5. The quantitative estimate of drug-likeness (QED) is 0.175. The van der Waals surface area contributed by atoms with Crippen molar-refractivity contribution in [1.82, 2.24) is 9.88 Å². The molecule has 0 fully saturated rings. The van der Waals surface area contributed by atoms with E-state index in [2.05, 4.69) is 38.5 Å². The van der Waals surface area contributed by atoms with E-state index in [0.29, 0.717) is 24.6 Å². The lowest BCUT2D eigenvalue weighted by Crippen LogP contribution is -2.35. The lowest BCUT2D eigenvalue weighted by Gasteiger charge is -2.25. The third kappa shape index (κ3) is 7.57. The molecule has 1 atom stereocenters. The van der Waals surface area contributed by atoms with Crippen LogP contribution in [-0.4, -0.2) is 49.8 Å². The number of halogens is 1. The number of carbonyl (C=O) groups excluding carboxylic acids is 1. The standard InChI is InChI=1S/C31H35BrN4O4/c1-21(34-27-19-26(38-2)18-23-8-5-15-33-30(23)27)7-6-16-36(31(37)35-25-12-10-24(32)11-13-25)20-22-9-14-28(39-3)29(17-22)40-4/h5,8-15,17-19,21,34H,6-7,16,20H2,1-4H3,(H,35,37). The number of benzene rings is 3. The van der Waals surface area contributed by atoms with Gasteiger partial charge in [0.05, 0.1) is 32.5 Å². The molecule has 8 nitrogen and oxygen atoms in total. The summed E-state index contributed by atoms with van der Waals surface area (Å²) in [5.41, 5.74) is 3.51. The van der Waals surface area contributed by atoms with Gasteiger partial charge in [-0.1, -0.05) is 28.1 Å². The molecule has 1 aromatic heterocycles. The topological polar surface area (TPSA) is 85.0 Å². The summed E-state index contributed by atoms with van der Waals surface area (Å²) < 4.78 is 17.3. The SMILES string of the molecule is COc1cc(NC(C)CCCN(Cc2ccc(OC)c(OC)c2)C(=O)Nc2ccc(Br)cc2)c2ncccc2c1. The fourth-order valence-electron chi connectivity index (χ4n) is 4.51. The molecular weight excluding hydrogens is 572 g/mol. The summed E-state index contributed by atoms with van der Waals surface area (Å²) in [5, 5.41) is 7.63. The van der Waals surface area contributed by atoms with Crippen LogP contribution in [0.1, 0.15) is 25.3 Å². The van der Waals surface area contributed by atoms with E-state index in [-0.39, 0.29) is 12.1 Å². The number of carbonyl (C=O) groups is 1. The molecule has 0 saturated carbocycles. The Morgan fingerprint density at radius 2 is 1.75 bits per heavy atom. The number of anilines is 2. The highest BCUT2D eigenvalue weighted by Crippen LogP contribution is 2.30. The highest BCUT2D eigenvalue weighted by Gasteiger charge is 2.17. The van der Waals surface area contributed by atoms with Crippen molar-refractivity contribution in [3.63, 3.8) is 0 Å². The molecule has 0 radical (unpaired) electrons. The smallest absolute Gasteiger partial charge is 0.322 e. The molecule has 4 aromatic rings. The van der Waals surface area contributed by atoms with Crippen molar-refractivity contribution < 1.29 is 19.0 Å². The minimum Gasteiger partial charge on any atom is -0.497 e. The van der Waals surface area contributed by atoms with Crippen LogP contribution in [0.5, 0.6) is 17.2 Å². The second-order valence-corrected chi connectivity index (χ2v) is 10.4. The predicted octanol–water partition coefficient (Wildman–Crippen LogP) is 7.34. The Morgan fingerprint density at radius 1 is 0.975 bits per heavy atom. The van der Waals surface area contributed by atoms with Crippen LogP contribution in [0.2, 0.25) is 0 Å². The Labute approximate surface area is 243 Å². The molecule has 0 aliphatic rings. The van der Waals surface area contributed by atoms with Crippen LogP contribution >= 0.6 is 15.9 Å². The lowest BCUT2D eigenvalue weighted by atomic mass is 10.1. The van der Waals surface area contributed by atoms with Crippen LogP contribution in [0.4, 0.5) is 16.2 Å². The molecule has 0 aliphatic heterocycles. The summed E-state index contributed by atoms with van der Waals surface area (Å²) in [6, 6.07) is 21.1. The van der Waals surface area contributed by atoms with Gasteiger partial charge in [0, 0.05) is 46.9 Å². The van der Waals surface area contributed by atoms with Gasteiger partial charge in [-0.2, -0.15) is 0 Å². The average Bonchev–Trinajstić information content (AvgIpc) is 2.97. The van der Waals surface area contributed by atoms with Crippen molar-refractivity contribution >= 4 is 44.2 Å². The largest absolute Gasteiger partial charge is 0.497 e. The van der Waals surface area contributed by atoms with E-state index in [0.717, 1.165) is 50.9 Å². The number of fused-ring (bicyclic) bond motifs is 1. The first-order valence-corrected chi connectivity index (χ1v) is 13.9. The number of rotatable bonds is 12. The average molecular weight is 608 g/mol. The number of hydrogen-bond donors (Lipinski definition) is 2. The summed E-state index contributed by atoms with van der Waals surface area (Å²) in [5.74, 6) is 2.06. The Hall–Kier alpha value is -3.98. The highest BCUT2D eigenvalue weighted by atomic mass is 79.9. The minimum absolute atomic E-state index is 0.148. The van der Waals surface area contributed by atoms with Gasteiger partial charge in [-0.05, 0) is 73.9 Å². The first kappa shape index (κ1) is 29.0. The summed E-state index contributed by atoms with van der Waals surface area (Å²) in [6.07, 6.45) is 3.44. The Balaban J connectivity index is 1.45. The molecule has 1 unspecified atom stereocenters. The zero-order valence-corrected chi connectivity index (χ0v) is 24.8. The second-order valence-electron chi connectivity index (χ2n) is 9.49. The van der Waals surface area contributed by atoms with Crippen LogP contribution < -0.4 is 24.8 Å². The van der Waals surface area contributed by atoms with Crippen LogP contribution in [-0.2, 0) is 6.54 Å². The number of ether oxygens (including phenoxy) is 3. The fraction of sp³-hybridized carbons (Fsp3) is 0.290. The van der Waals surface area contributed by atoms with E-state index in [9.17, 15) is 4.79 Å². The number of hydrogen-bond acceptors (Lipinski definition) is 6. The maximum atomic E-state index is 13.4. The second kappa shape index (κ2) is 13.9. The molecule has 2 N–H and O–H groups in total. The van der Waals surface area contributed by atoms with Gasteiger partial charge in [-0.15, -0.1) is 0 Å². The third-order valence-electron chi connectivity index (χ3n) is 6.59. The number of amides is 2. The molecule has 3 aromatic carbocycles. The van der Waals surface area contributed by atoms with Gasteiger partial charge >= 0.3 is 6.03 Å². The summed E-state index contributed by atoms with van der Waals surface area (Å²) in [7, 11) is 4.88. The molecule has 0 spiro atoms. The summed E-state index contributed by atoms with van der Waals surface area (Å²) in [6.45, 7) is 3.13. The fourth-order valence-corrected chi connectivity index (χ4v) is 4.77. The number of nitrogens with zero attached hydrogens (tertiary/aromatic N) is 2. The van der Waals surface area contributed by atoms with E-state index < -0.39 is 0 Å². The normalized spacial score (nSPS) is 11.5. The van der Waals surface area contributed by atoms with Crippen molar-refractivity contribution in [2.24, 2.45) is 0 Å². The van der Waals surface area contributed by atoms with Crippen molar-refractivity contribution in [2.75, 3.05) is 38.5 Å². The van der Waals surface area contributed by atoms with E-state index in [1.165, 1.54) is 0 Å². The molecule has 9 heteroatoms. The Kier molecular flexibility index (Phi) is 10.1. The van der Waals surface area contributed by atoms with Crippen LogP contribution in [0, 0.1) is 0 Å². The number of methoxy groups -OCH3 is 3. The molecule has 1 heterocycles. The Bertz CT molecular complexity index is 1430. The van der Waals surface area contributed by atoms with Gasteiger partial charge in [0.1, 0.15) is 5.75 Å². The Morgan fingerprint density at radius 3 is 2.48 bits per heavy atom. The van der Waals surface area contributed by atoms with Crippen molar-refractivity contribution in [3.05, 3.63) is 83.0 Å². The molecule has 2 amide bonds. The van der Waals surface area contributed by atoms with Crippen molar-refractivity contribution in [3.8, 4) is 17.2 Å². The van der Waals surface area contributed by atoms with E-state index >= 15 is 0 Å². The van der Waals surface area contributed by atoms with Gasteiger partial charge in [0.15, 0.2) is 11.5 Å². The highest BCUT2D eigenvalue weighted by molar-refractivity contribution is 9.10. The molecule has 0 aliphatic carbocycles. The lowest BCUT2D eigenvalue weighted by molar-refractivity contribution is 0.207. The summed E-state index contributed by atoms with van der Waals surface area (Å²) in [4.78, 5) is 19.7. The van der Waals surface area contributed by atoms with Gasteiger partial charge < -0.3 is 29.7 Å². The maximum absolute atomic E-state index is 13.4. The van der Waals surface area contributed by atoms with E-state index in [1.807, 2.05) is 71.6 Å². The first-order chi connectivity index (χ1) is 19.4. The number of aromatic nitrogens is 1. The van der Waals surface area contributed by atoms with Crippen LogP contribution in [0.15, 0.2) is 77.4 Å². The number of pyridine rings is 1. The number of urea groups is 1. The zero-order valence-electron chi connectivity index (χ0n) is 23.2. The van der Waals surface area contributed by atoms with Gasteiger partial charge in [-0.25, -0.2) is 4.79 Å². The van der Waals surface area contributed by atoms with Crippen LogP contribution in [0.3, 0.4) is 0 Å². The van der Waals surface area contributed by atoms with Gasteiger partial charge in [-0.3, -0.25) is 4.98 Å². The maximum Gasteiger partial charge on any atom is 0.322 e. The predicted molar refractivity (Wildman–Crippen MR) is 164 cm³/mol.